The van der Waals surface area contributed by atoms with E-state index in [4.69, 9.17) is 18.9 Å². The highest BCUT2D eigenvalue weighted by molar-refractivity contribution is 6.36. The van der Waals surface area contributed by atoms with Crippen LogP contribution in [-0.4, -0.2) is 58.6 Å². The molecule has 0 fully saturated rings. The van der Waals surface area contributed by atoms with Crippen molar-refractivity contribution in [1.29, 1.82) is 0 Å². The number of imide groups is 1. The van der Waals surface area contributed by atoms with Crippen LogP contribution in [-0.2, 0) is 14.2 Å². The number of rotatable bonds is 13. The van der Waals surface area contributed by atoms with Crippen LogP contribution in [0.4, 0.5) is 5.69 Å². The minimum atomic E-state index is -0.317. The first-order chi connectivity index (χ1) is 20.5. The summed E-state index contributed by atoms with van der Waals surface area (Å²) in [5, 5.41) is 0. The second kappa shape index (κ2) is 13.6. The van der Waals surface area contributed by atoms with Crippen LogP contribution in [0.5, 0.6) is 5.75 Å². The van der Waals surface area contributed by atoms with E-state index in [1.54, 1.807) is 31.4 Å². The highest BCUT2D eigenvalue weighted by Crippen LogP contribution is 2.44. The van der Waals surface area contributed by atoms with E-state index in [1.165, 1.54) is 4.90 Å². The van der Waals surface area contributed by atoms with Gasteiger partial charge in [0.2, 0.25) is 0 Å². The third-order valence-electron chi connectivity index (χ3n) is 7.35. The lowest BCUT2D eigenvalue weighted by atomic mass is 9.82. The lowest BCUT2D eigenvalue weighted by Gasteiger charge is -2.19. The van der Waals surface area contributed by atoms with Crippen LogP contribution in [0.1, 0.15) is 31.8 Å². The first-order valence-corrected chi connectivity index (χ1v) is 14.1. The fourth-order valence-corrected chi connectivity index (χ4v) is 5.39. The minimum absolute atomic E-state index is 0.317. The monoisotopic (exact) mass is 565 g/mol. The quantitative estimate of drug-likeness (QED) is 0.136. The molecule has 42 heavy (non-hydrogen) atoms. The molecule has 2 amide bonds. The van der Waals surface area contributed by atoms with Gasteiger partial charge in [-0.25, -0.2) is 4.90 Å². The predicted molar refractivity (Wildman–Crippen MR) is 163 cm³/mol. The molecule has 4 aromatic rings. The predicted octanol–water partition coefficient (Wildman–Crippen LogP) is 6.50. The van der Waals surface area contributed by atoms with Gasteiger partial charge in [0.15, 0.2) is 0 Å². The van der Waals surface area contributed by atoms with Crippen LogP contribution in [0, 0.1) is 13.8 Å². The zero-order valence-electron chi connectivity index (χ0n) is 24.2. The molecule has 5 rings (SSSR count). The Morgan fingerprint density at radius 2 is 1.00 bits per heavy atom. The van der Waals surface area contributed by atoms with E-state index in [0.717, 1.165) is 33.4 Å². The second-order valence-corrected chi connectivity index (χ2v) is 9.99. The van der Waals surface area contributed by atoms with Crippen molar-refractivity contribution in [2.75, 3.05) is 51.7 Å². The van der Waals surface area contributed by atoms with Gasteiger partial charge in [0, 0.05) is 7.11 Å². The Hall–Kier alpha value is -4.30. The standard InChI is InChI=1S/C35H35NO6/c1-24-30(26-10-6-4-7-11-26)31(27-12-8-5-9-13-27)25(2)33-32(24)34(37)36(35(33)38)28-14-16-29(17-15-28)42-23-22-41-21-20-40-19-18-39-3/h4-17H,18-23H2,1-3H3. The van der Waals surface area contributed by atoms with Crippen molar-refractivity contribution in [3.05, 3.63) is 107 Å². The van der Waals surface area contributed by atoms with Gasteiger partial charge in [0.05, 0.1) is 49.8 Å². The SMILES string of the molecule is COCCOCCOCCOc1ccc(N2C(=O)c3c(C)c(-c4ccccc4)c(-c4ccccc4)c(C)c3C2=O)cc1. The van der Waals surface area contributed by atoms with Crippen LogP contribution in [0.25, 0.3) is 22.3 Å². The van der Waals surface area contributed by atoms with Crippen molar-refractivity contribution in [2.24, 2.45) is 0 Å². The lowest BCUT2D eigenvalue weighted by Crippen LogP contribution is -2.29. The summed E-state index contributed by atoms with van der Waals surface area (Å²) in [6, 6.07) is 27.1. The zero-order chi connectivity index (χ0) is 29.5. The van der Waals surface area contributed by atoms with E-state index in [2.05, 4.69) is 0 Å². The molecule has 0 saturated carbocycles. The summed E-state index contributed by atoms with van der Waals surface area (Å²) in [7, 11) is 1.63. The molecule has 0 radical (unpaired) electrons. The molecule has 4 aromatic carbocycles. The van der Waals surface area contributed by atoms with Crippen molar-refractivity contribution in [2.45, 2.75) is 13.8 Å². The molecule has 0 spiro atoms. The Morgan fingerprint density at radius 3 is 1.48 bits per heavy atom. The Labute approximate surface area is 246 Å². The molecular formula is C35H35NO6. The minimum Gasteiger partial charge on any atom is -0.491 e. The van der Waals surface area contributed by atoms with Gasteiger partial charge in [0.25, 0.3) is 11.8 Å². The lowest BCUT2D eigenvalue weighted by molar-refractivity contribution is 0.0180. The molecule has 0 unspecified atom stereocenters. The van der Waals surface area contributed by atoms with Crippen LogP contribution in [0.15, 0.2) is 84.9 Å². The molecule has 1 aliphatic rings. The number of benzene rings is 4. The maximum absolute atomic E-state index is 13.9. The van der Waals surface area contributed by atoms with E-state index in [-0.39, 0.29) is 11.8 Å². The van der Waals surface area contributed by atoms with Crippen LogP contribution < -0.4 is 9.64 Å². The number of hydrogen-bond donors (Lipinski definition) is 0. The second-order valence-electron chi connectivity index (χ2n) is 9.99. The summed E-state index contributed by atoms with van der Waals surface area (Å²) in [6.07, 6.45) is 0. The van der Waals surface area contributed by atoms with Gasteiger partial charge in [-0.15, -0.1) is 0 Å². The summed E-state index contributed by atoms with van der Waals surface area (Å²) >= 11 is 0. The van der Waals surface area contributed by atoms with Crippen molar-refractivity contribution < 1.29 is 28.5 Å². The number of ether oxygens (including phenoxy) is 4. The third-order valence-corrected chi connectivity index (χ3v) is 7.35. The molecule has 216 valence electrons. The summed E-state index contributed by atoms with van der Waals surface area (Å²) in [4.78, 5) is 29.1. The van der Waals surface area contributed by atoms with Gasteiger partial charge < -0.3 is 18.9 Å². The largest absolute Gasteiger partial charge is 0.491 e. The maximum Gasteiger partial charge on any atom is 0.266 e. The van der Waals surface area contributed by atoms with Crippen LogP contribution in [0.3, 0.4) is 0 Å². The topological polar surface area (TPSA) is 74.3 Å². The van der Waals surface area contributed by atoms with Crippen molar-refractivity contribution in [1.82, 2.24) is 0 Å². The Balaban J connectivity index is 1.36. The number of methoxy groups -OCH3 is 1. The van der Waals surface area contributed by atoms with Crippen LogP contribution in [0.2, 0.25) is 0 Å². The first-order valence-electron chi connectivity index (χ1n) is 14.1. The Morgan fingerprint density at radius 1 is 0.548 bits per heavy atom. The normalized spacial score (nSPS) is 12.6. The van der Waals surface area contributed by atoms with Crippen LogP contribution >= 0.6 is 0 Å². The third kappa shape index (κ3) is 5.99. The molecule has 0 aromatic heterocycles. The fourth-order valence-electron chi connectivity index (χ4n) is 5.39. The average molecular weight is 566 g/mol. The number of hydrogen-bond acceptors (Lipinski definition) is 6. The molecule has 0 saturated heterocycles. The summed E-state index contributed by atoms with van der Waals surface area (Å²) < 4.78 is 21.6. The van der Waals surface area contributed by atoms with E-state index in [9.17, 15) is 9.59 Å². The molecule has 0 N–H and O–H groups in total. The average Bonchev–Trinajstić information content (AvgIpc) is 3.29. The number of anilines is 1. The molecule has 0 aliphatic carbocycles. The van der Waals surface area contributed by atoms with Gasteiger partial charge in [0.1, 0.15) is 12.4 Å². The maximum atomic E-state index is 13.9. The van der Waals surface area contributed by atoms with Gasteiger partial charge in [-0.2, -0.15) is 0 Å². The van der Waals surface area contributed by atoms with Gasteiger partial charge in [-0.3, -0.25) is 9.59 Å². The Kier molecular flexibility index (Phi) is 9.44. The number of nitrogens with zero attached hydrogens (tertiary/aromatic N) is 1. The van der Waals surface area contributed by atoms with E-state index in [0.29, 0.717) is 62.2 Å². The summed E-state index contributed by atoms with van der Waals surface area (Å²) in [5.41, 5.74) is 6.95. The number of carbonyl (C=O) groups excluding carboxylic acids is 2. The first kappa shape index (κ1) is 29.2. The van der Waals surface area contributed by atoms with Gasteiger partial charge >= 0.3 is 0 Å². The van der Waals surface area contributed by atoms with Crippen molar-refractivity contribution in [3.63, 3.8) is 0 Å². The zero-order valence-corrected chi connectivity index (χ0v) is 24.2. The highest BCUT2D eigenvalue weighted by Gasteiger charge is 2.41. The Bertz CT molecular complexity index is 1450. The number of carbonyl (C=O) groups is 2. The highest BCUT2D eigenvalue weighted by atomic mass is 16.6. The molecule has 0 bridgehead atoms. The fraction of sp³-hybridized carbons (Fsp3) is 0.257. The molecule has 7 heteroatoms. The van der Waals surface area contributed by atoms with Crippen molar-refractivity contribution in [3.8, 4) is 28.0 Å². The summed E-state index contributed by atoms with van der Waals surface area (Å²) in [6.45, 7) is 6.73. The number of amides is 2. The van der Waals surface area contributed by atoms with Gasteiger partial charge in [-0.05, 0) is 71.5 Å². The molecule has 0 atom stereocenters. The molecule has 1 heterocycles. The number of fused-ring (bicyclic) bond motifs is 1. The smallest absolute Gasteiger partial charge is 0.266 e. The van der Waals surface area contributed by atoms with Crippen molar-refractivity contribution >= 4 is 17.5 Å². The molecular weight excluding hydrogens is 530 g/mol. The van der Waals surface area contributed by atoms with E-state index in [1.807, 2.05) is 74.5 Å². The summed E-state index contributed by atoms with van der Waals surface area (Å²) in [5.74, 6) is -0.00949. The van der Waals surface area contributed by atoms with Gasteiger partial charge in [-0.1, -0.05) is 60.7 Å². The van der Waals surface area contributed by atoms with E-state index >= 15 is 0 Å². The van der Waals surface area contributed by atoms with E-state index < -0.39 is 0 Å². The molecule has 7 nitrogen and oxygen atoms in total. The molecule has 1 aliphatic heterocycles.